The van der Waals surface area contributed by atoms with Crippen molar-refractivity contribution in [2.45, 2.75) is 19.9 Å². The molecule has 0 aliphatic carbocycles. The molecule has 14 heavy (non-hydrogen) atoms. The first-order chi connectivity index (χ1) is 6.68. The molecule has 2 heteroatoms. The fourth-order valence-electron chi connectivity index (χ4n) is 1.02. The standard InChI is InChI=1S/C12H14NO/c1-10(2)13-12(14)9-8-11-6-4-3-5-7-11/h4-10H,1-2H3,(H,13,14)/b9-8+. The Labute approximate surface area is 84.6 Å². The molecule has 0 saturated heterocycles. The lowest BCUT2D eigenvalue weighted by Gasteiger charge is -2.03. The molecule has 1 N–H and O–H groups in total. The van der Waals surface area contributed by atoms with Crippen molar-refractivity contribution < 1.29 is 4.79 Å². The van der Waals surface area contributed by atoms with E-state index in [0.717, 1.165) is 5.56 Å². The lowest BCUT2D eigenvalue weighted by molar-refractivity contribution is -0.116. The van der Waals surface area contributed by atoms with Gasteiger partial charge in [0.25, 0.3) is 0 Å². The minimum absolute atomic E-state index is 0.0622. The van der Waals surface area contributed by atoms with E-state index in [-0.39, 0.29) is 11.9 Å². The van der Waals surface area contributed by atoms with E-state index in [9.17, 15) is 4.79 Å². The second-order valence-electron chi connectivity index (χ2n) is 3.33. The molecule has 0 atom stereocenters. The third-order valence-electron chi connectivity index (χ3n) is 1.60. The third-order valence-corrected chi connectivity index (χ3v) is 1.60. The number of nitrogens with one attached hydrogen (secondary N) is 1. The molecule has 1 aromatic rings. The van der Waals surface area contributed by atoms with E-state index in [0.29, 0.717) is 0 Å². The molecule has 73 valence electrons. The molecule has 0 spiro atoms. The maximum Gasteiger partial charge on any atom is 0.244 e. The summed E-state index contributed by atoms with van der Waals surface area (Å²) in [7, 11) is 0. The minimum Gasteiger partial charge on any atom is -0.350 e. The number of carbonyl (C=O) groups excluding carboxylic acids is 1. The van der Waals surface area contributed by atoms with Crippen LogP contribution >= 0.6 is 0 Å². The second-order valence-corrected chi connectivity index (χ2v) is 3.33. The summed E-state index contributed by atoms with van der Waals surface area (Å²) in [6, 6.07) is 10.5. The molecule has 1 radical (unpaired) electrons. The number of hydrogen-bond donors (Lipinski definition) is 1. The minimum atomic E-state index is -0.0622. The lowest BCUT2D eigenvalue weighted by atomic mass is 10.2. The molecule has 1 rings (SSSR count). The predicted octanol–water partition coefficient (Wildman–Crippen LogP) is 2.02. The van der Waals surface area contributed by atoms with Gasteiger partial charge in [0.2, 0.25) is 5.91 Å². The van der Waals surface area contributed by atoms with E-state index in [1.165, 1.54) is 6.08 Å². The van der Waals surface area contributed by atoms with Gasteiger partial charge >= 0.3 is 0 Å². The van der Waals surface area contributed by atoms with E-state index in [1.54, 1.807) is 6.08 Å². The van der Waals surface area contributed by atoms with E-state index in [2.05, 4.69) is 11.4 Å². The Hall–Kier alpha value is -1.57. The van der Waals surface area contributed by atoms with Crippen LogP contribution in [0.15, 0.2) is 30.3 Å². The molecule has 1 aromatic carbocycles. The van der Waals surface area contributed by atoms with Crippen LogP contribution in [0, 0.1) is 6.07 Å². The zero-order valence-corrected chi connectivity index (χ0v) is 8.45. The molecule has 0 unspecified atom stereocenters. The van der Waals surface area contributed by atoms with Crippen molar-refractivity contribution in [3.63, 3.8) is 0 Å². The Morgan fingerprint density at radius 2 is 2.07 bits per heavy atom. The Bertz CT molecular complexity index is 314. The summed E-state index contributed by atoms with van der Waals surface area (Å²) < 4.78 is 0. The Morgan fingerprint density at radius 1 is 1.43 bits per heavy atom. The Balaban J connectivity index is 2.52. The summed E-state index contributed by atoms with van der Waals surface area (Å²) in [6.45, 7) is 3.87. The average molecular weight is 188 g/mol. The zero-order chi connectivity index (χ0) is 10.4. The Kier molecular flexibility index (Phi) is 3.92. The summed E-state index contributed by atoms with van der Waals surface area (Å²) in [5, 5.41) is 2.78. The van der Waals surface area contributed by atoms with Crippen molar-refractivity contribution in [3.8, 4) is 0 Å². The number of benzene rings is 1. The van der Waals surface area contributed by atoms with Crippen molar-refractivity contribution in [1.82, 2.24) is 5.32 Å². The summed E-state index contributed by atoms with van der Waals surface area (Å²) in [6.07, 6.45) is 3.32. The van der Waals surface area contributed by atoms with Crippen LogP contribution in [0.4, 0.5) is 0 Å². The highest BCUT2D eigenvalue weighted by Crippen LogP contribution is 1.99. The second kappa shape index (κ2) is 5.22. The Morgan fingerprint density at radius 3 is 2.64 bits per heavy atom. The first kappa shape index (κ1) is 10.5. The first-order valence-electron chi connectivity index (χ1n) is 4.63. The van der Waals surface area contributed by atoms with Crippen LogP contribution in [-0.2, 0) is 4.79 Å². The molecule has 0 heterocycles. The van der Waals surface area contributed by atoms with Crippen molar-refractivity contribution >= 4 is 12.0 Å². The van der Waals surface area contributed by atoms with Gasteiger partial charge in [0, 0.05) is 12.1 Å². The van der Waals surface area contributed by atoms with Crippen molar-refractivity contribution in [3.05, 3.63) is 42.0 Å². The summed E-state index contributed by atoms with van der Waals surface area (Å²) in [5.41, 5.74) is 1.00. The highest BCUT2D eigenvalue weighted by Gasteiger charge is 1.96. The number of hydrogen-bond acceptors (Lipinski definition) is 1. The third kappa shape index (κ3) is 3.90. The van der Waals surface area contributed by atoms with Crippen molar-refractivity contribution in [2.75, 3.05) is 0 Å². The SMILES string of the molecule is CC(C)NC(=O)/C=C/c1cc[c]cc1. The molecule has 0 bridgehead atoms. The highest BCUT2D eigenvalue weighted by molar-refractivity contribution is 5.91. The van der Waals surface area contributed by atoms with Crippen LogP contribution in [0.3, 0.4) is 0 Å². The average Bonchev–Trinajstić information content (AvgIpc) is 2.15. The molecule has 0 fully saturated rings. The summed E-state index contributed by atoms with van der Waals surface area (Å²) >= 11 is 0. The van der Waals surface area contributed by atoms with Gasteiger partial charge in [-0.1, -0.05) is 24.3 Å². The molecular weight excluding hydrogens is 174 g/mol. The van der Waals surface area contributed by atoms with Gasteiger partial charge in [0.1, 0.15) is 0 Å². The fraction of sp³-hybridized carbons (Fsp3) is 0.250. The van der Waals surface area contributed by atoms with Crippen LogP contribution < -0.4 is 5.32 Å². The van der Waals surface area contributed by atoms with Gasteiger partial charge in [-0.15, -0.1) is 0 Å². The van der Waals surface area contributed by atoms with Crippen LogP contribution in [0.1, 0.15) is 19.4 Å². The van der Waals surface area contributed by atoms with Crippen LogP contribution in [0.2, 0.25) is 0 Å². The van der Waals surface area contributed by atoms with Gasteiger partial charge in [-0.3, -0.25) is 4.79 Å². The maximum absolute atomic E-state index is 11.2. The lowest BCUT2D eigenvalue weighted by Crippen LogP contribution is -2.28. The zero-order valence-electron chi connectivity index (χ0n) is 8.45. The first-order valence-corrected chi connectivity index (χ1v) is 4.63. The molecule has 1 amide bonds. The molecular formula is C12H14NO. The summed E-state index contributed by atoms with van der Waals surface area (Å²) in [5.74, 6) is -0.0622. The quantitative estimate of drug-likeness (QED) is 0.722. The maximum atomic E-state index is 11.2. The fourth-order valence-corrected chi connectivity index (χ4v) is 1.02. The largest absolute Gasteiger partial charge is 0.350 e. The molecule has 0 aromatic heterocycles. The van der Waals surface area contributed by atoms with Crippen molar-refractivity contribution in [2.24, 2.45) is 0 Å². The molecule has 0 aliphatic rings. The van der Waals surface area contributed by atoms with Gasteiger partial charge in [-0.05, 0) is 31.6 Å². The molecule has 0 saturated carbocycles. The highest BCUT2D eigenvalue weighted by atomic mass is 16.1. The molecule has 2 nitrogen and oxygen atoms in total. The number of rotatable bonds is 3. The van der Waals surface area contributed by atoms with Gasteiger partial charge in [0.15, 0.2) is 0 Å². The van der Waals surface area contributed by atoms with Crippen LogP contribution in [0.5, 0.6) is 0 Å². The van der Waals surface area contributed by atoms with E-state index >= 15 is 0 Å². The van der Waals surface area contributed by atoms with Gasteiger partial charge in [-0.2, -0.15) is 0 Å². The van der Waals surface area contributed by atoms with Crippen LogP contribution in [0.25, 0.3) is 6.08 Å². The smallest absolute Gasteiger partial charge is 0.244 e. The van der Waals surface area contributed by atoms with E-state index in [1.807, 2.05) is 38.1 Å². The van der Waals surface area contributed by atoms with Gasteiger partial charge in [-0.25, -0.2) is 0 Å². The summed E-state index contributed by atoms with van der Waals surface area (Å²) in [4.78, 5) is 11.2. The predicted molar refractivity (Wildman–Crippen MR) is 57.6 cm³/mol. The van der Waals surface area contributed by atoms with E-state index < -0.39 is 0 Å². The normalized spacial score (nSPS) is 10.8. The molecule has 0 aliphatic heterocycles. The number of carbonyl (C=O) groups is 1. The topological polar surface area (TPSA) is 29.1 Å². The monoisotopic (exact) mass is 188 g/mol. The van der Waals surface area contributed by atoms with Gasteiger partial charge < -0.3 is 5.32 Å². The van der Waals surface area contributed by atoms with Gasteiger partial charge in [0.05, 0.1) is 0 Å². The van der Waals surface area contributed by atoms with E-state index in [4.69, 9.17) is 0 Å². The van der Waals surface area contributed by atoms with Crippen LogP contribution in [-0.4, -0.2) is 11.9 Å². The number of amides is 1. The van der Waals surface area contributed by atoms with Crippen molar-refractivity contribution in [1.29, 1.82) is 0 Å².